The van der Waals surface area contributed by atoms with Crippen molar-refractivity contribution in [3.05, 3.63) is 24.3 Å². The number of carbonyl (C=O) groups is 4. The molecule has 0 atom stereocenters. The van der Waals surface area contributed by atoms with Crippen LogP contribution in [0.25, 0.3) is 0 Å². The molecule has 2 aliphatic heterocycles. The molecular formula is C15H16N2O4. The number of amides is 4. The van der Waals surface area contributed by atoms with Crippen molar-refractivity contribution < 1.29 is 19.2 Å². The lowest BCUT2D eigenvalue weighted by Gasteiger charge is -2.44. The summed E-state index contributed by atoms with van der Waals surface area (Å²) in [5, 5.41) is 0. The van der Waals surface area contributed by atoms with E-state index in [4.69, 9.17) is 0 Å². The zero-order valence-electron chi connectivity index (χ0n) is 11.7. The van der Waals surface area contributed by atoms with E-state index in [0.29, 0.717) is 25.7 Å². The Morgan fingerprint density at radius 3 is 1.76 bits per heavy atom. The summed E-state index contributed by atoms with van der Waals surface area (Å²) in [4.78, 5) is 49.6. The van der Waals surface area contributed by atoms with Gasteiger partial charge in [-0.3, -0.25) is 29.0 Å². The molecule has 0 N–H and O–H groups in total. The third-order valence-corrected chi connectivity index (χ3v) is 4.59. The van der Waals surface area contributed by atoms with Crippen LogP contribution >= 0.6 is 0 Å². The van der Waals surface area contributed by atoms with Gasteiger partial charge in [-0.15, -0.1) is 0 Å². The highest BCUT2D eigenvalue weighted by Gasteiger charge is 2.45. The number of imide groups is 2. The molecule has 1 fully saturated rings. The molecule has 0 spiro atoms. The lowest BCUT2D eigenvalue weighted by atomic mass is 9.79. The normalized spacial score (nSPS) is 32.7. The molecule has 0 bridgehead atoms. The first-order chi connectivity index (χ1) is 9.92. The van der Waals surface area contributed by atoms with Gasteiger partial charge in [0.15, 0.2) is 0 Å². The number of hydrogen-bond donors (Lipinski definition) is 0. The molecule has 0 aromatic heterocycles. The summed E-state index contributed by atoms with van der Waals surface area (Å²) >= 11 is 0. The van der Waals surface area contributed by atoms with Gasteiger partial charge in [0, 0.05) is 35.9 Å². The van der Waals surface area contributed by atoms with Gasteiger partial charge in [-0.25, -0.2) is 0 Å². The number of nitrogens with zero attached hydrogens (tertiary/aromatic N) is 2. The van der Waals surface area contributed by atoms with Gasteiger partial charge in [0.25, 0.3) is 23.6 Å². The topological polar surface area (TPSA) is 74.8 Å². The van der Waals surface area contributed by atoms with Crippen LogP contribution in [0.15, 0.2) is 24.3 Å². The Morgan fingerprint density at radius 1 is 0.857 bits per heavy atom. The second kappa shape index (κ2) is 4.65. The molecule has 3 rings (SSSR count). The van der Waals surface area contributed by atoms with E-state index < -0.39 is 5.54 Å². The molecule has 0 aromatic carbocycles. The Hall–Kier alpha value is -2.24. The summed E-state index contributed by atoms with van der Waals surface area (Å²) in [7, 11) is 0. The monoisotopic (exact) mass is 288 g/mol. The molecule has 1 aliphatic carbocycles. The maximum atomic E-state index is 11.8. The third-order valence-electron chi connectivity index (χ3n) is 4.59. The van der Waals surface area contributed by atoms with Gasteiger partial charge >= 0.3 is 0 Å². The van der Waals surface area contributed by atoms with E-state index in [1.807, 2.05) is 6.92 Å². The molecule has 1 saturated carbocycles. The Kier molecular flexibility index (Phi) is 3.04. The Labute approximate surface area is 122 Å². The van der Waals surface area contributed by atoms with E-state index in [-0.39, 0.29) is 29.7 Å². The number of rotatable bonds is 2. The predicted octanol–water partition coefficient (Wildman–Crippen LogP) is 0.538. The van der Waals surface area contributed by atoms with Crippen molar-refractivity contribution in [2.75, 3.05) is 0 Å². The lowest BCUT2D eigenvalue weighted by molar-refractivity contribution is -0.148. The first-order valence-corrected chi connectivity index (χ1v) is 7.04. The van der Waals surface area contributed by atoms with Gasteiger partial charge in [0.05, 0.1) is 0 Å². The number of hydrogen-bond acceptors (Lipinski definition) is 4. The minimum atomic E-state index is -0.534. The largest absolute Gasteiger partial charge is 0.272 e. The number of carbonyl (C=O) groups excluding carboxylic acids is 4. The zero-order valence-corrected chi connectivity index (χ0v) is 11.7. The summed E-state index contributed by atoms with van der Waals surface area (Å²) in [6.07, 6.45) is 7.54. The molecule has 21 heavy (non-hydrogen) atoms. The van der Waals surface area contributed by atoms with E-state index >= 15 is 0 Å². The second-order valence-electron chi connectivity index (χ2n) is 5.95. The van der Waals surface area contributed by atoms with Crippen LogP contribution in [-0.2, 0) is 19.2 Å². The first kappa shape index (κ1) is 13.7. The van der Waals surface area contributed by atoms with Crippen molar-refractivity contribution in [1.82, 2.24) is 9.80 Å². The molecule has 0 unspecified atom stereocenters. The molecule has 4 amide bonds. The summed E-state index contributed by atoms with van der Waals surface area (Å²) in [5.74, 6) is -1.11. The van der Waals surface area contributed by atoms with Crippen molar-refractivity contribution in [1.29, 1.82) is 0 Å². The van der Waals surface area contributed by atoms with Gasteiger partial charge in [-0.1, -0.05) is 0 Å². The summed E-state index contributed by atoms with van der Waals surface area (Å²) < 4.78 is 0. The Balaban J connectivity index is 1.70. The summed E-state index contributed by atoms with van der Waals surface area (Å²) in [6.45, 7) is 1.89. The van der Waals surface area contributed by atoms with Crippen LogP contribution in [0.3, 0.4) is 0 Å². The van der Waals surface area contributed by atoms with Crippen LogP contribution in [0.4, 0.5) is 0 Å². The van der Waals surface area contributed by atoms with Crippen LogP contribution in [0.2, 0.25) is 0 Å². The summed E-state index contributed by atoms with van der Waals surface area (Å²) in [5.41, 5.74) is -0.534. The maximum absolute atomic E-state index is 11.8. The fraction of sp³-hybridized carbons (Fsp3) is 0.467. The van der Waals surface area contributed by atoms with Crippen molar-refractivity contribution in [2.24, 2.45) is 0 Å². The minimum Gasteiger partial charge on any atom is -0.272 e. The van der Waals surface area contributed by atoms with Crippen LogP contribution in [0.1, 0.15) is 32.6 Å². The fourth-order valence-corrected chi connectivity index (χ4v) is 3.41. The molecular weight excluding hydrogens is 272 g/mol. The van der Waals surface area contributed by atoms with Crippen molar-refractivity contribution in [3.63, 3.8) is 0 Å². The highest BCUT2D eigenvalue weighted by molar-refractivity contribution is 6.14. The minimum absolute atomic E-state index is 0.145. The van der Waals surface area contributed by atoms with Crippen LogP contribution in [0.5, 0.6) is 0 Å². The molecule has 2 heterocycles. The SMILES string of the molecule is CC1(N2C(=O)C=CC2=O)CCC(N2C(=O)C=CC2=O)CC1. The van der Waals surface area contributed by atoms with E-state index in [1.165, 1.54) is 34.1 Å². The Morgan fingerprint density at radius 2 is 1.29 bits per heavy atom. The molecule has 6 nitrogen and oxygen atoms in total. The zero-order chi connectivity index (χ0) is 15.2. The Bertz CT molecular complexity index is 561. The van der Waals surface area contributed by atoms with Gasteiger partial charge in [-0.05, 0) is 32.6 Å². The standard InChI is InChI=1S/C15H16N2O4/c1-15(17-13(20)4-5-14(17)21)8-6-10(7-9-15)16-11(18)2-3-12(16)19/h2-5,10H,6-9H2,1H3. The smallest absolute Gasteiger partial charge is 0.254 e. The highest BCUT2D eigenvalue weighted by atomic mass is 16.2. The molecule has 0 radical (unpaired) electrons. The van der Waals surface area contributed by atoms with Crippen LogP contribution < -0.4 is 0 Å². The lowest BCUT2D eigenvalue weighted by Crippen LogP contribution is -2.54. The third kappa shape index (κ3) is 2.11. The maximum Gasteiger partial charge on any atom is 0.254 e. The van der Waals surface area contributed by atoms with Gasteiger partial charge in [0.2, 0.25) is 0 Å². The highest BCUT2D eigenvalue weighted by Crippen LogP contribution is 2.37. The van der Waals surface area contributed by atoms with E-state index in [0.717, 1.165) is 0 Å². The van der Waals surface area contributed by atoms with Gasteiger partial charge < -0.3 is 0 Å². The van der Waals surface area contributed by atoms with Crippen LogP contribution in [-0.4, -0.2) is 45.0 Å². The second-order valence-corrected chi connectivity index (χ2v) is 5.95. The molecule has 110 valence electrons. The van der Waals surface area contributed by atoms with E-state index in [1.54, 1.807) is 0 Å². The average Bonchev–Trinajstić information content (AvgIpc) is 2.95. The molecule has 3 aliphatic rings. The van der Waals surface area contributed by atoms with Crippen molar-refractivity contribution >= 4 is 23.6 Å². The van der Waals surface area contributed by atoms with Crippen LogP contribution in [0, 0.1) is 0 Å². The van der Waals surface area contributed by atoms with E-state index in [9.17, 15) is 19.2 Å². The molecule has 0 saturated heterocycles. The summed E-state index contributed by atoms with van der Waals surface area (Å²) in [6, 6.07) is -0.145. The predicted molar refractivity (Wildman–Crippen MR) is 72.6 cm³/mol. The average molecular weight is 288 g/mol. The van der Waals surface area contributed by atoms with Crippen molar-refractivity contribution in [2.45, 2.75) is 44.2 Å². The molecule has 0 aromatic rings. The van der Waals surface area contributed by atoms with E-state index in [2.05, 4.69) is 0 Å². The first-order valence-electron chi connectivity index (χ1n) is 7.04. The van der Waals surface area contributed by atoms with Gasteiger partial charge in [-0.2, -0.15) is 0 Å². The quantitative estimate of drug-likeness (QED) is 0.695. The van der Waals surface area contributed by atoms with Crippen molar-refractivity contribution in [3.8, 4) is 0 Å². The fourth-order valence-electron chi connectivity index (χ4n) is 3.41. The molecule has 6 heteroatoms. The van der Waals surface area contributed by atoms with Gasteiger partial charge in [0.1, 0.15) is 0 Å².